The molecule has 120 valence electrons. The average molecular weight is 340 g/mol. The molecule has 0 spiro atoms. The molecule has 0 saturated heterocycles. The molecular formula is C14H20N4O2S2. The molecule has 0 amide bonds. The lowest BCUT2D eigenvalue weighted by molar-refractivity contribution is 0.169. The minimum absolute atomic E-state index is 0.0227. The first-order valence-corrected chi connectivity index (χ1v) is 9.86. The van der Waals surface area contributed by atoms with Crippen molar-refractivity contribution in [1.29, 1.82) is 0 Å². The van der Waals surface area contributed by atoms with Crippen LogP contribution in [0.2, 0.25) is 0 Å². The van der Waals surface area contributed by atoms with Crippen LogP contribution in [0.5, 0.6) is 0 Å². The first-order valence-electron chi connectivity index (χ1n) is 7.15. The van der Waals surface area contributed by atoms with Crippen LogP contribution >= 0.6 is 11.3 Å². The molecule has 3 rings (SSSR count). The Bertz CT molecular complexity index is 750. The first-order chi connectivity index (χ1) is 10.4. The number of nitrogens with one attached hydrogen (secondary N) is 1. The minimum atomic E-state index is -3.19. The fourth-order valence-electron chi connectivity index (χ4n) is 2.77. The molecule has 2 aromatic rings. The zero-order valence-corrected chi connectivity index (χ0v) is 14.3. The third kappa shape index (κ3) is 3.75. The summed E-state index contributed by atoms with van der Waals surface area (Å²) < 4.78 is 27.2. The van der Waals surface area contributed by atoms with Gasteiger partial charge < -0.3 is 0 Å². The highest BCUT2D eigenvalue weighted by molar-refractivity contribution is 7.88. The van der Waals surface area contributed by atoms with E-state index in [1.54, 1.807) is 6.20 Å². The Labute approximate surface area is 134 Å². The molecule has 0 radical (unpaired) electrons. The second kappa shape index (κ2) is 6.11. The fraction of sp³-hybridized carbons (Fsp3) is 0.500. The summed E-state index contributed by atoms with van der Waals surface area (Å²) in [5, 5.41) is 4.34. The normalized spacial score (nSPS) is 19.3. The van der Waals surface area contributed by atoms with Crippen LogP contribution in [0.15, 0.2) is 24.4 Å². The number of fused-ring (bicyclic) bond motifs is 1. The molecule has 0 fully saturated rings. The Morgan fingerprint density at radius 3 is 2.91 bits per heavy atom. The minimum Gasteiger partial charge on any atom is -0.290 e. The maximum absolute atomic E-state index is 11.3. The van der Waals surface area contributed by atoms with Gasteiger partial charge in [-0.3, -0.25) is 9.58 Å². The predicted octanol–water partition coefficient (Wildman–Crippen LogP) is 1.36. The van der Waals surface area contributed by atoms with Crippen molar-refractivity contribution in [2.24, 2.45) is 0 Å². The molecule has 1 N–H and O–H groups in total. The van der Waals surface area contributed by atoms with Crippen LogP contribution in [-0.2, 0) is 23.1 Å². The summed E-state index contributed by atoms with van der Waals surface area (Å²) in [7, 11) is -3.19. The lowest BCUT2D eigenvalue weighted by atomic mass is 10.2. The van der Waals surface area contributed by atoms with Crippen LogP contribution in [-0.4, -0.2) is 42.4 Å². The monoisotopic (exact) mass is 340 g/mol. The summed E-state index contributed by atoms with van der Waals surface area (Å²) in [4.78, 5) is 4.99. The standard InChI is InChI=1S/C14H20N4O2S2/c1-11-3-4-14(21-11)10-17-8-12-5-6-15-18(12)13(9-17)7-16-22(2,19)20/h3-6,13,16H,7-10H2,1-2H3. The van der Waals surface area contributed by atoms with Crippen LogP contribution in [0, 0.1) is 6.92 Å². The molecule has 22 heavy (non-hydrogen) atoms. The van der Waals surface area contributed by atoms with E-state index in [1.165, 1.54) is 16.0 Å². The molecule has 1 aliphatic heterocycles. The van der Waals surface area contributed by atoms with Gasteiger partial charge in [0.25, 0.3) is 0 Å². The zero-order chi connectivity index (χ0) is 15.7. The summed E-state index contributed by atoms with van der Waals surface area (Å²) >= 11 is 1.81. The molecule has 0 saturated carbocycles. The first kappa shape index (κ1) is 15.7. The van der Waals surface area contributed by atoms with Crippen LogP contribution < -0.4 is 4.72 Å². The van der Waals surface area contributed by atoms with E-state index in [4.69, 9.17) is 0 Å². The number of aromatic nitrogens is 2. The van der Waals surface area contributed by atoms with Gasteiger partial charge in [0.1, 0.15) is 0 Å². The van der Waals surface area contributed by atoms with Crippen molar-refractivity contribution in [3.8, 4) is 0 Å². The Morgan fingerprint density at radius 2 is 2.23 bits per heavy atom. The second-order valence-electron chi connectivity index (χ2n) is 5.72. The maximum Gasteiger partial charge on any atom is 0.208 e. The molecule has 0 bridgehead atoms. The molecule has 0 aromatic carbocycles. The lowest BCUT2D eigenvalue weighted by Gasteiger charge is -2.33. The molecule has 0 aliphatic carbocycles. The van der Waals surface area contributed by atoms with Gasteiger partial charge in [0.2, 0.25) is 10.0 Å². The van der Waals surface area contributed by atoms with Gasteiger partial charge in [-0.1, -0.05) is 0 Å². The molecule has 1 atom stereocenters. The number of hydrogen-bond acceptors (Lipinski definition) is 5. The van der Waals surface area contributed by atoms with Crippen molar-refractivity contribution in [2.75, 3.05) is 19.3 Å². The lowest BCUT2D eigenvalue weighted by Crippen LogP contribution is -2.42. The van der Waals surface area contributed by atoms with E-state index in [-0.39, 0.29) is 6.04 Å². The van der Waals surface area contributed by atoms with Crippen LogP contribution in [0.25, 0.3) is 0 Å². The largest absolute Gasteiger partial charge is 0.290 e. The van der Waals surface area contributed by atoms with Gasteiger partial charge in [0.15, 0.2) is 0 Å². The predicted molar refractivity (Wildman–Crippen MR) is 87.3 cm³/mol. The Kier molecular flexibility index (Phi) is 4.35. The van der Waals surface area contributed by atoms with Crippen molar-refractivity contribution >= 4 is 21.4 Å². The quantitative estimate of drug-likeness (QED) is 0.892. The van der Waals surface area contributed by atoms with Crippen molar-refractivity contribution in [3.05, 3.63) is 39.8 Å². The van der Waals surface area contributed by atoms with Crippen LogP contribution in [0.4, 0.5) is 0 Å². The number of thiophene rings is 1. The van der Waals surface area contributed by atoms with Crippen molar-refractivity contribution < 1.29 is 8.42 Å². The van der Waals surface area contributed by atoms with E-state index >= 15 is 0 Å². The number of nitrogens with zero attached hydrogens (tertiary/aromatic N) is 3. The second-order valence-corrected chi connectivity index (χ2v) is 8.93. The Balaban J connectivity index is 1.73. The van der Waals surface area contributed by atoms with Crippen molar-refractivity contribution in [1.82, 2.24) is 19.4 Å². The topological polar surface area (TPSA) is 67.2 Å². The molecule has 6 nitrogen and oxygen atoms in total. The van der Waals surface area contributed by atoms with Gasteiger partial charge in [-0.25, -0.2) is 13.1 Å². The van der Waals surface area contributed by atoms with Gasteiger partial charge in [-0.2, -0.15) is 5.10 Å². The van der Waals surface area contributed by atoms with E-state index in [0.29, 0.717) is 6.54 Å². The Hall–Kier alpha value is -1.22. The number of hydrogen-bond donors (Lipinski definition) is 1. The van der Waals surface area contributed by atoms with Crippen molar-refractivity contribution in [2.45, 2.75) is 26.1 Å². The average Bonchev–Trinajstić information content (AvgIpc) is 3.04. The third-order valence-electron chi connectivity index (χ3n) is 3.71. The van der Waals surface area contributed by atoms with E-state index in [9.17, 15) is 8.42 Å². The maximum atomic E-state index is 11.3. The van der Waals surface area contributed by atoms with Crippen molar-refractivity contribution in [3.63, 3.8) is 0 Å². The molecule has 1 unspecified atom stereocenters. The molecule has 2 aromatic heterocycles. The van der Waals surface area contributed by atoms with Gasteiger partial charge in [-0.05, 0) is 25.1 Å². The summed E-state index contributed by atoms with van der Waals surface area (Å²) in [6.45, 7) is 4.99. The SMILES string of the molecule is Cc1ccc(CN2Cc3ccnn3C(CNS(C)(=O)=O)C2)s1. The fourth-order valence-corrected chi connectivity index (χ4v) is 4.20. The van der Waals surface area contributed by atoms with E-state index in [2.05, 4.69) is 33.8 Å². The van der Waals surface area contributed by atoms with E-state index in [0.717, 1.165) is 25.3 Å². The third-order valence-corrected chi connectivity index (χ3v) is 5.39. The summed E-state index contributed by atoms with van der Waals surface area (Å²) in [6, 6.07) is 6.32. The number of aryl methyl sites for hydroxylation is 1. The van der Waals surface area contributed by atoms with E-state index < -0.39 is 10.0 Å². The molecule has 1 aliphatic rings. The number of rotatable bonds is 5. The summed E-state index contributed by atoms with van der Waals surface area (Å²) in [5.74, 6) is 0. The smallest absolute Gasteiger partial charge is 0.208 e. The highest BCUT2D eigenvalue weighted by atomic mass is 32.2. The highest BCUT2D eigenvalue weighted by Gasteiger charge is 2.26. The van der Waals surface area contributed by atoms with Crippen LogP contribution in [0.1, 0.15) is 21.5 Å². The number of sulfonamides is 1. The van der Waals surface area contributed by atoms with Gasteiger partial charge >= 0.3 is 0 Å². The highest BCUT2D eigenvalue weighted by Crippen LogP contribution is 2.24. The Morgan fingerprint density at radius 1 is 1.41 bits per heavy atom. The van der Waals surface area contributed by atoms with Gasteiger partial charge in [0.05, 0.1) is 18.0 Å². The zero-order valence-electron chi connectivity index (χ0n) is 12.7. The summed E-state index contributed by atoms with van der Waals surface area (Å²) in [5.41, 5.74) is 1.12. The molecule has 8 heteroatoms. The molecular weight excluding hydrogens is 320 g/mol. The van der Waals surface area contributed by atoms with Gasteiger partial charge in [0, 0.05) is 42.1 Å². The van der Waals surface area contributed by atoms with Crippen LogP contribution in [0.3, 0.4) is 0 Å². The van der Waals surface area contributed by atoms with Gasteiger partial charge in [-0.15, -0.1) is 11.3 Å². The summed E-state index contributed by atoms with van der Waals surface area (Å²) in [6.07, 6.45) is 2.97. The molecule has 3 heterocycles. The van der Waals surface area contributed by atoms with E-state index in [1.807, 2.05) is 22.1 Å².